The van der Waals surface area contributed by atoms with Gasteiger partial charge in [-0.25, -0.2) is 4.39 Å². The molecule has 3 rings (SSSR count). The zero-order valence-electron chi connectivity index (χ0n) is 20.6. The number of halogens is 1. The van der Waals surface area contributed by atoms with Crippen LogP contribution in [0.1, 0.15) is 22.8 Å². The monoisotopic (exact) mass is 530 g/mol. The SMILES string of the molecule is COCCN(Cc1ccc(OC)c(OS(=O)(=O)c2ccc(NC(C)=O)cc2)c1)C(=O)c1ccccc1F. The first-order valence-electron chi connectivity index (χ1n) is 11.2. The van der Waals surface area contributed by atoms with Gasteiger partial charge in [-0.2, -0.15) is 8.42 Å². The Balaban J connectivity index is 1.87. The maximum atomic E-state index is 14.3. The van der Waals surface area contributed by atoms with Gasteiger partial charge in [0.1, 0.15) is 10.7 Å². The van der Waals surface area contributed by atoms with Crippen molar-refractivity contribution in [2.75, 3.05) is 32.7 Å². The summed E-state index contributed by atoms with van der Waals surface area (Å²) < 4.78 is 55.8. The number of amides is 2. The Morgan fingerprint density at radius 1 is 0.973 bits per heavy atom. The molecule has 3 aromatic rings. The molecule has 0 atom stereocenters. The lowest BCUT2D eigenvalue weighted by molar-refractivity contribution is -0.114. The van der Waals surface area contributed by atoms with Crippen LogP contribution in [0.4, 0.5) is 10.1 Å². The van der Waals surface area contributed by atoms with Crippen LogP contribution in [0.15, 0.2) is 71.6 Å². The van der Waals surface area contributed by atoms with Gasteiger partial charge >= 0.3 is 10.1 Å². The van der Waals surface area contributed by atoms with Gasteiger partial charge in [0.2, 0.25) is 5.91 Å². The summed E-state index contributed by atoms with van der Waals surface area (Å²) in [5.41, 5.74) is 0.864. The third-order valence-electron chi connectivity index (χ3n) is 5.22. The summed E-state index contributed by atoms with van der Waals surface area (Å²) in [5.74, 6) is -1.41. The molecule has 0 bridgehead atoms. The second-order valence-corrected chi connectivity index (χ2v) is 9.47. The van der Waals surface area contributed by atoms with Crippen LogP contribution in [-0.2, 0) is 26.2 Å². The molecule has 11 heteroatoms. The van der Waals surface area contributed by atoms with Crippen molar-refractivity contribution < 1.29 is 36.1 Å². The number of nitrogens with zero attached hydrogens (tertiary/aromatic N) is 1. The van der Waals surface area contributed by atoms with Gasteiger partial charge in [-0.15, -0.1) is 0 Å². The molecule has 3 aromatic carbocycles. The van der Waals surface area contributed by atoms with E-state index in [9.17, 15) is 22.4 Å². The molecule has 0 spiro atoms. The zero-order chi connectivity index (χ0) is 27.0. The number of methoxy groups -OCH3 is 2. The predicted octanol–water partition coefficient (Wildman–Crippen LogP) is 3.85. The van der Waals surface area contributed by atoms with Crippen molar-refractivity contribution in [3.63, 3.8) is 0 Å². The van der Waals surface area contributed by atoms with Crippen LogP contribution in [0, 0.1) is 5.82 Å². The van der Waals surface area contributed by atoms with E-state index >= 15 is 0 Å². The molecule has 0 aliphatic rings. The van der Waals surface area contributed by atoms with Gasteiger partial charge < -0.3 is 23.9 Å². The highest BCUT2D eigenvalue weighted by atomic mass is 32.2. The average molecular weight is 531 g/mol. The van der Waals surface area contributed by atoms with E-state index in [4.69, 9.17) is 13.7 Å². The van der Waals surface area contributed by atoms with Gasteiger partial charge in [-0.1, -0.05) is 18.2 Å². The summed E-state index contributed by atoms with van der Waals surface area (Å²) in [6, 6.07) is 15.7. The minimum Gasteiger partial charge on any atom is -0.493 e. The Bertz CT molecular complexity index is 1360. The third kappa shape index (κ3) is 7.28. The number of ether oxygens (including phenoxy) is 2. The molecule has 0 saturated carbocycles. The maximum Gasteiger partial charge on any atom is 0.339 e. The second-order valence-electron chi connectivity index (χ2n) is 7.93. The standard InChI is InChI=1S/C26H27FN2O7S/c1-18(30)28-20-9-11-21(12-10-20)37(32,33)36-25-16-19(8-13-24(25)35-3)17-29(14-15-34-2)26(31)22-6-4-5-7-23(22)27/h4-13,16H,14-15,17H2,1-3H3,(H,28,30). The summed E-state index contributed by atoms with van der Waals surface area (Å²) in [5, 5.41) is 2.56. The molecule has 196 valence electrons. The van der Waals surface area contributed by atoms with Crippen molar-refractivity contribution in [1.82, 2.24) is 4.90 Å². The van der Waals surface area contributed by atoms with E-state index in [2.05, 4.69) is 5.32 Å². The Morgan fingerprint density at radius 2 is 1.68 bits per heavy atom. The highest BCUT2D eigenvalue weighted by Gasteiger charge is 2.22. The summed E-state index contributed by atoms with van der Waals surface area (Å²) in [4.78, 5) is 25.5. The summed E-state index contributed by atoms with van der Waals surface area (Å²) >= 11 is 0. The summed E-state index contributed by atoms with van der Waals surface area (Å²) in [6.45, 7) is 1.75. The van der Waals surface area contributed by atoms with Gasteiger partial charge in [-0.3, -0.25) is 9.59 Å². The van der Waals surface area contributed by atoms with Crippen molar-refractivity contribution in [2.45, 2.75) is 18.4 Å². The molecule has 0 aliphatic carbocycles. The van der Waals surface area contributed by atoms with E-state index in [1.165, 1.54) is 80.6 Å². The second kappa shape index (κ2) is 12.3. The molecule has 1 N–H and O–H groups in total. The van der Waals surface area contributed by atoms with Crippen molar-refractivity contribution in [1.29, 1.82) is 0 Å². The number of carbonyl (C=O) groups excluding carboxylic acids is 2. The number of hydrogen-bond donors (Lipinski definition) is 1. The lowest BCUT2D eigenvalue weighted by Crippen LogP contribution is -2.34. The highest BCUT2D eigenvalue weighted by Crippen LogP contribution is 2.32. The molecule has 0 fully saturated rings. The first-order valence-corrected chi connectivity index (χ1v) is 12.6. The Morgan fingerprint density at radius 3 is 2.30 bits per heavy atom. The van der Waals surface area contributed by atoms with Crippen molar-refractivity contribution in [3.8, 4) is 11.5 Å². The summed E-state index contributed by atoms with van der Waals surface area (Å²) in [7, 11) is -1.41. The van der Waals surface area contributed by atoms with E-state index in [1.54, 1.807) is 12.1 Å². The average Bonchev–Trinajstić information content (AvgIpc) is 2.86. The first kappa shape index (κ1) is 27.6. The number of benzene rings is 3. The van der Waals surface area contributed by atoms with Crippen molar-refractivity contribution in [2.24, 2.45) is 0 Å². The molecule has 37 heavy (non-hydrogen) atoms. The lowest BCUT2D eigenvalue weighted by Gasteiger charge is -2.23. The van der Waals surface area contributed by atoms with Gasteiger partial charge in [0, 0.05) is 32.8 Å². The minimum absolute atomic E-state index is 0.0301. The topological polar surface area (TPSA) is 111 Å². The van der Waals surface area contributed by atoms with Crippen molar-refractivity contribution in [3.05, 3.63) is 83.7 Å². The van der Waals surface area contributed by atoms with Crippen LogP contribution in [0.3, 0.4) is 0 Å². The molecule has 2 amide bonds. The molecule has 0 saturated heterocycles. The number of carbonyl (C=O) groups is 2. The van der Waals surface area contributed by atoms with Gasteiger partial charge in [-0.05, 0) is 54.1 Å². The first-order chi connectivity index (χ1) is 17.6. The van der Waals surface area contributed by atoms with Crippen LogP contribution in [0.5, 0.6) is 11.5 Å². The fourth-order valence-electron chi connectivity index (χ4n) is 3.44. The van der Waals surface area contributed by atoms with Crippen LogP contribution >= 0.6 is 0 Å². The third-order valence-corrected chi connectivity index (χ3v) is 6.47. The van der Waals surface area contributed by atoms with E-state index in [1.807, 2.05) is 0 Å². The molecule has 0 unspecified atom stereocenters. The number of hydrogen-bond acceptors (Lipinski definition) is 7. The van der Waals surface area contributed by atoms with E-state index in [0.29, 0.717) is 11.3 Å². The quantitative estimate of drug-likeness (QED) is 0.375. The normalized spacial score (nSPS) is 11.0. The van der Waals surface area contributed by atoms with E-state index < -0.39 is 21.8 Å². The van der Waals surface area contributed by atoms with Crippen molar-refractivity contribution >= 4 is 27.6 Å². The zero-order valence-corrected chi connectivity index (χ0v) is 21.4. The maximum absolute atomic E-state index is 14.3. The van der Waals surface area contributed by atoms with Crippen LogP contribution < -0.4 is 14.2 Å². The van der Waals surface area contributed by atoms with Crippen LogP contribution in [0.2, 0.25) is 0 Å². The molecular weight excluding hydrogens is 503 g/mol. The molecule has 0 heterocycles. The Hall–Kier alpha value is -3.96. The van der Waals surface area contributed by atoms with Gasteiger partial charge in [0.25, 0.3) is 5.91 Å². The molecule has 0 aliphatic heterocycles. The number of rotatable bonds is 11. The smallest absolute Gasteiger partial charge is 0.339 e. The molecule has 0 radical (unpaired) electrons. The Kier molecular flexibility index (Phi) is 9.20. The number of anilines is 1. The molecule has 9 nitrogen and oxygen atoms in total. The van der Waals surface area contributed by atoms with Crippen LogP contribution in [-0.4, -0.2) is 52.5 Å². The van der Waals surface area contributed by atoms with E-state index in [0.717, 1.165) is 0 Å². The Labute approximate surface area is 214 Å². The molecular formula is C26H27FN2O7S. The van der Waals surface area contributed by atoms with Gasteiger partial charge in [0.05, 0.1) is 19.3 Å². The predicted molar refractivity (Wildman–Crippen MR) is 135 cm³/mol. The molecule has 0 aromatic heterocycles. The minimum atomic E-state index is -4.26. The van der Waals surface area contributed by atoms with Gasteiger partial charge in [0.15, 0.2) is 11.5 Å². The van der Waals surface area contributed by atoms with Crippen LogP contribution in [0.25, 0.3) is 0 Å². The largest absolute Gasteiger partial charge is 0.493 e. The fraction of sp³-hybridized carbons (Fsp3) is 0.231. The lowest BCUT2D eigenvalue weighted by atomic mass is 10.1. The fourth-order valence-corrected chi connectivity index (χ4v) is 4.37. The summed E-state index contributed by atoms with van der Waals surface area (Å²) in [6.07, 6.45) is 0. The number of nitrogens with one attached hydrogen (secondary N) is 1. The van der Waals surface area contributed by atoms with E-state index in [-0.39, 0.29) is 47.6 Å². The highest BCUT2D eigenvalue weighted by molar-refractivity contribution is 7.87.